The molecule has 2 heterocycles. The van der Waals surface area contributed by atoms with Crippen molar-refractivity contribution in [2.24, 2.45) is 0 Å². The van der Waals surface area contributed by atoms with Gasteiger partial charge in [-0.2, -0.15) is 13.2 Å². The predicted molar refractivity (Wildman–Crippen MR) is 85.0 cm³/mol. The molecule has 1 aromatic heterocycles. The van der Waals surface area contributed by atoms with E-state index in [1.165, 1.54) is 6.07 Å². The van der Waals surface area contributed by atoms with E-state index in [-0.39, 0.29) is 0 Å². The van der Waals surface area contributed by atoms with Crippen LogP contribution in [0.4, 0.5) is 24.7 Å². The molecule has 0 aliphatic carbocycles. The number of nitrogens with one attached hydrogen (secondary N) is 1. The summed E-state index contributed by atoms with van der Waals surface area (Å²) < 4.78 is 38.7. The molecule has 3 rings (SSSR count). The van der Waals surface area contributed by atoms with Gasteiger partial charge >= 0.3 is 6.18 Å². The van der Waals surface area contributed by atoms with Crippen molar-refractivity contribution < 1.29 is 13.2 Å². The largest absolute Gasteiger partial charge is 0.416 e. The van der Waals surface area contributed by atoms with Crippen molar-refractivity contribution in [1.29, 1.82) is 0 Å². The van der Waals surface area contributed by atoms with Gasteiger partial charge in [0.1, 0.15) is 5.82 Å². The lowest BCUT2D eigenvalue weighted by atomic mass is 10.1. The number of hydrogen-bond acceptors (Lipinski definition) is 3. The van der Waals surface area contributed by atoms with Crippen LogP contribution in [0.5, 0.6) is 0 Å². The summed E-state index contributed by atoms with van der Waals surface area (Å²) in [5.41, 5.74) is 1.64. The Balaban J connectivity index is 1.93. The average Bonchev–Trinajstić information content (AvgIpc) is 2.49. The van der Waals surface area contributed by atoms with Crippen LogP contribution < -0.4 is 10.2 Å². The first-order valence-electron chi connectivity index (χ1n) is 7.15. The monoisotopic (exact) mass is 341 g/mol. The highest BCUT2D eigenvalue weighted by Crippen LogP contribution is 2.34. The molecule has 0 radical (unpaired) electrons. The lowest BCUT2D eigenvalue weighted by molar-refractivity contribution is -0.137. The van der Waals surface area contributed by atoms with Gasteiger partial charge < -0.3 is 10.2 Å². The molecule has 0 unspecified atom stereocenters. The summed E-state index contributed by atoms with van der Waals surface area (Å²) >= 11 is 6.10. The molecule has 0 amide bonds. The molecule has 1 aromatic carbocycles. The zero-order chi connectivity index (χ0) is 16.6. The van der Waals surface area contributed by atoms with E-state index < -0.39 is 11.7 Å². The molecule has 3 nitrogen and oxygen atoms in total. The highest BCUT2D eigenvalue weighted by molar-refractivity contribution is 6.31. The number of alkyl halides is 3. The third-order valence-corrected chi connectivity index (χ3v) is 4.12. The molecule has 7 heteroatoms. The minimum atomic E-state index is -4.38. The molecule has 23 heavy (non-hydrogen) atoms. The van der Waals surface area contributed by atoms with E-state index in [4.69, 9.17) is 11.6 Å². The van der Waals surface area contributed by atoms with Gasteiger partial charge in [-0.25, -0.2) is 4.98 Å². The van der Waals surface area contributed by atoms with Crippen LogP contribution in [0.1, 0.15) is 16.7 Å². The van der Waals surface area contributed by atoms with Gasteiger partial charge in [0, 0.05) is 30.9 Å². The van der Waals surface area contributed by atoms with Crippen molar-refractivity contribution in [2.75, 3.05) is 23.3 Å². The van der Waals surface area contributed by atoms with Gasteiger partial charge in [-0.3, -0.25) is 0 Å². The van der Waals surface area contributed by atoms with Crippen LogP contribution in [-0.2, 0) is 12.7 Å². The van der Waals surface area contributed by atoms with Crippen LogP contribution >= 0.6 is 11.6 Å². The number of aryl methyl sites for hydroxylation is 1. The van der Waals surface area contributed by atoms with Crippen molar-refractivity contribution in [3.63, 3.8) is 0 Å². The van der Waals surface area contributed by atoms with Crippen molar-refractivity contribution in [1.82, 2.24) is 4.98 Å². The Labute approximate surface area is 137 Å². The van der Waals surface area contributed by atoms with E-state index >= 15 is 0 Å². The summed E-state index contributed by atoms with van der Waals surface area (Å²) in [6.07, 6.45) is -2.62. The van der Waals surface area contributed by atoms with Gasteiger partial charge in [-0.1, -0.05) is 11.6 Å². The average molecular weight is 342 g/mol. The molecule has 0 bridgehead atoms. The lowest BCUT2D eigenvalue weighted by Crippen LogP contribution is -2.34. The highest BCUT2D eigenvalue weighted by Gasteiger charge is 2.31. The number of aromatic nitrogens is 1. The van der Waals surface area contributed by atoms with Gasteiger partial charge in [0.15, 0.2) is 0 Å². The minimum absolute atomic E-state index is 0.308. The zero-order valence-electron chi connectivity index (χ0n) is 12.4. The van der Waals surface area contributed by atoms with E-state index in [1.54, 1.807) is 6.20 Å². The molecular formula is C16H15ClF3N3. The third kappa shape index (κ3) is 3.37. The van der Waals surface area contributed by atoms with Gasteiger partial charge in [-0.05, 0) is 42.3 Å². The summed E-state index contributed by atoms with van der Waals surface area (Å²) in [5.74, 6) is 0.741. The minimum Gasteiger partial charge on any atom is -0.367 e. The number of nitrogens with zero attached hydrogens (tertiary/aromatic N) is 2. The lowest BCUT2D eigenvalue weighted by Gasteiger charge is -2.32. The first-order valence-corrected chi connectivity index (χ1v) is 7.53. The fourth-order valence-corrected chi connectivity index (χ4v) is 2.78. The first-order chi connectivity index (χ1) is 10.8. The van der Waals surface area contributed by atoms with Crippen LogP contribution in [0.3, 0.4) is 0 Å². The van der Waals surface area contributed by atoms with E-state index in [9.17, 15) is 13.2 Å². The topological polar surface area (TPSA) is 28.2 Å². The number of anilines is 2. The quantitative estimate of drug-likeness (QED) is 0.872. The third-order valence-electron chi connectivity index (χ3n) is 3.75. The van der Waals surface area contributed by atoms with Crippen LogP contribution in [0.15, 0.2) is 30.5 Å². The maximum absolute atomic E-state index is 12.9. The van der Waals surface area contributed by atoms with E-state index in [0.717, 1.165) is 29.2 Å². The summed E-state index contributed by atoms with van der Waals surface area (Å²) in [6.45, 7) is 3.59. The molecule has 2 aromatic rings. The molecule has 0 saturated carbocycles. The van der Waals surface area contributed by atoms with Crippen LogP contribution in [-0.4, -0.2) is 18.1 Å². The second-order valence-corrected chi connectivity index (χ2v) is 5.94. The maximum Gasteiger partial charge on any atom is 0.416 e. The Bertz CT molecular complexity index is 731. The molecule has 122 valence electrons. The number of fused-ring (bicyclic) bond motifs is 1. The van der Waals surface area contributed by atoms with Crippen LogP contribution in [0, 0.1) is 6.92 Å². The maximum atomic E-state index is 12.9. The molecule has 0 saturated heterocycles. The van der Waals surface area contributed by atoms with Gasteiger partial charge in [0.05, 0.1) is 11.3 Å². The molecule has 1 aliphatic heterocycles. The zero-order valence-corrected chi connectivity index (χ0v) is 13.2. The van der Waals surface area contributed by atoms with Crippen molar-refractivity contribution in [2.45, 2.75) is 19.6 Å². The number of rotatable bonds is 2. The summed E-state index contributed by atoms with van der Waals surface area (Å²) in [4.78, 5) is 6.32. The van der Waals surface area contributed by atoms with Crippen molar-refractivity contribution in [3.05, 3.63) is 52.2 Å². The van der Waals surface area contributed by atoms with E-state index in [2.05, 4.69) is 10.3 Å². The second-order valence-electron chi connectivity index (χ2n) is 5.53. The van der Waals surface area contributed by atoms with Crippen molar-refractivity contribution >= 4 is 23.1 Å². The molecule has 1 N–H and O–H groups in total. The van der Waals surface area contributed by atoms with E-state index in [1.807, 2.05) is 17.9 Å². The second kappa shape index (κ2) is 5.92. The summed E-state index contributed by atoms with van der Waals surface area (Å²) in [6, 6.07) is 5.39. The van der Waals surface area contributed by atoms with Crippen molar-refractivity contribution in [3.8, 4) is 0 Å². The SMILES string of the molecule is Cc1cnc2c(c1)N(Cc1cc(C(F)(F)F)ccc1Cl)CCN2. The van der Waals surface area contributed by atoms with E-state index in [0.29, 0.717) is 30.2 Å². The Hall–Kier alpha value is -1.95. The van der Waals surface area contributed by atoms with Crippen LogP contribution in [0.2, 0.25) is 5.02 Å². The summed E-state index contributed by atoms with van der Waals surface area (Å²) in [5, 5.41) is 3.52. The summed E-state index contributed by atoms with van der Waals surface area (Å²) in [7, 11) is 0. The highest BCUT2D eigenvalue weighted by atomic mass is 35.5. The first kappa shape index (κ1) is 15.9. The fraction of sp³-hybridized carbons (Fsp3) is 0.312. The normalized spacial score (nSPS) is 14.4. The smallest absolute Gasteiger partial charge is 0.367 e. The molecular weight excluding hydrogens is 327 g/mol. The number of pyridine rings is 1. The molecule has 1 aliphatic rings. The van der Waals surface area contributed by atoms with Gasteiger partial charge in [0.2, 0.25) is 0 Å². The standard InChI is InChI=1S/C16H15ClF3N3/c1-10-6-14-15(22-8-10)21-4-5-23(14)9-11-7-12(16(18,19)20)2-3-13(11)17/h2-3,6-8H,4-5,9H2,1H3,(H,21,22). The molecule has 0 spiro atoms. The Morgan fingerprint density at radius 1 is 1.30 bits per heavy atom. The predicted octanol–water partition coefficient (Wildman–Crippen LogP) is 4.49. The van der Waals surface area contributed by atoms with Crippen LogP contribution in [0.25, 0.3) is 0 Å². The Kier molecular flexibility index (Phi) is 4.10. The van der Waals surface area contributed by atoms with Gasteiger partial charge in [-0.15, -0.1) is 0 Å². The number of hydrogen-bond donors (Lipinski definition) is 1. The Morgan fingerprint density at radius 2 is 2.09 bits per heavy atom. The number of benzene rings is 1. The molecule has 0 atom stereocenters. The fourth-order valence-electron chi connectivity index (χ4n) is 2.60. The number of halogens is 4. The molecule has 0 fully saturated rings. The van der Waals surface area contributed by atoms with Gasteiger partial charge in [0.25, 0.3) is 0 Å². The Morgan fingerprint density at radius 3 is 2.83 bits per heavy atom.